The summed E-state index contributed by atoms with van der Waals surface area (Å²) in [6.07, 6.45) is 1.87. The van der Waals surface area contributed by atoms with Crippen LogP contribution in [0.25, 0.3) is 0 Å². The second kappa shape index (κ2) is 6.83. The maximum atomic E-state index is 11.6. The average molecular weight is 284 g/mol. The Balaban J connectivity index is 1.90. The summed E-state index contributed by atoms with van der Waals surface area (Å²) in [5.41, 5.74) is 0. The third-order valence-electron chi connectivity index (χ3n) is 3.07. The largest absolute Gasteiger partial charge is 0.383 e. The highest BCUT2D eigenvalue weighted by Crippen LogP contribution is 2.25. The van der Waals surface area contributed by atoms with Crippen LogP contribution < -0.4 is 15.5 Å². The molecule has 0 aromatic carbocycles. The number of carbonyl (C=O) groups is 1. The highest BCUT2D eigenvalue weighted by atomic mass is 32.1. The van der Waals surface area contributed by atoms with Crippen LogP contribution >= 0.6 is 11.3 Å². The van der Waals surface area contributed by atoms with Crippen molar-refractivity contribution < 1.29 is 9.53 Å². The Kier molecular flexibility index (Phi) is 5.12. The van der Waals surface area contributed by atoms with Gasteiger partial charge in [0.05, 0.1) is 6.61 Å². The van der Waals surface area contributed by atoms with E-state index in [-0.39, 0.29) is 11.9 Å². The number of piperazine rings is 1. The van der Waals surface area contributed by atoms with Gasteiger partial charge < -0.3 is 20.3 Å². The van der Waals surface area contributed by atoms with Gasteiger partial charge in [0.2, 0.25) is 5.91 Å². The number of carbonyl (C=O) groups excluding carboxylic acids is 1. The van der Waals surface area contributed by atoms with Crippen LogP contribution in [0.5, 0.6) is 0 Å². The van der Waals surface area contributed by atoms with Crippen LogP contribution in [0.15, 0.2) is 6.20 Å². The minimum Gasteiger partial charge on any atom is -0.383 e. The van der Waals surface area contributed by atoms with Gasteiger partial charge in [0, 0.05) is 44.4 Å². The number of nitrogens with zero attached hydrogens (tertiary/aromatic N) is 2. The number of anilines is 1. The lowest BCUT2D eigenvalue weighted by Crippen LogP contribution is -2.54. The fraction of sp³-hybridized carbons (Fsp3) is 0.667. The van der Waals surface area contributed by atoms with Crippen molar-refractivity contribution in [3.8, 4) is 0 Å². The maximum Gasteiger partial charge on any atom is 0.242 e. The monoisotopic (exact) mass is 284 g/mol. The van der Waals surface area contributed by atoms with Gasteiger partial charge in [-0.05, 0) is 6.92 Å². The van der Waals surface area contributed by atoms with Crippen molar-refractivity contribution in [2.45, 2.75) is 19.5 Å². The van der Waals surface area contributed by atoms with E-state index in [1.165, 1.54) is 4.88 Å². The molecule has 1 aliphatic heterocycles. The third kappa shape index (κ3) is 3.65. The lowest BCUT2D eigenvalue weighted by molar-refractivity contribution is -0.122. The zero-order chi connectivity index (χ0) is 13.7. The summed E-state index contributed by atoms with van der Waals surface area (Å²) in [4.78, 5) is 19.3. The summed E-state index contributed by atoms with van der Waals surface area (Å²) in [5, 5.41) is 7.07. The SMILES string of the molecule is COCCNCc1cnc(N2CCNC(=O)C2C)s1. The molecule has 2 heterocycles. The van der Waals surface area contributed by atoms with Crippen LogP contribution in [0.1, 0.15) is 11.8 Å². The molecule has 0 aliphatic carbocycles. The first-order valence-electron chi connectivity index (χ1n) is 6.41. The highest BCUT2D eigenvalue weighted by Gasteiger charge is 2.27. The van der Waals surface area contributed by atoms with Crippen LogP contribution in [0, 0.1) is 0 Å². The van der Waals surface area contributed by atoms with Crippen molar-refractivity contribution in [1.29, 1.82) is 0 Å². The minimum absolute atomic E-state index is 0.0706. The molecule has 0 saturated carbocycles. The van der Waals surface area contributed by atoms with E-state index in [9.17, 15) is 4.79 Å². The molecule has 1 aromatic heterocycles. The zero-order valence-corrected chi connectivity index (χ0v) is 12.1. The Morgan fingerprint density at radius 3 is 3.32 bits per heavy atom. The summed E-state index contributed by atoms with van der Waals surface area (Å²) in [5.74, 6) is 0.0706. The van der Waals surface area contributed by atoms with Crippen molar-refractivity contribution in [3.05, 3.63) is 11.1 Å². The van der Waals surface area contributed by atoms with E-state index >= 15 is 0 Å². The first-order chi connectivity index (χ1) is 9.22. The molecule has 1 atom stereocenters. The molecule has 6 nitrogen and oxygen atoms in total. The van der Waals surface area contributed by atoms with Gasteiger partial charge in [-0.1, -0.05) is 0 Å². The van der Waals surface area contributed by atoms with Gasteiger partial charge >= 0.3 is 0 Å². The first-order valence-corrected chi connectivity index (χ1v) is 7.22. The predicted molar refractivity (Wildman–Crippen MR) is 75.5 cm³/mol. The zero-order valence-electron chi connectivity index (χ0n) is 11.3. The third-order valence-corrected chi connectivity index (χ3v) is 4.10. The van der Waals surface area contributed by atoms with Gasteiger partial charge in [-0.25, -0.2) is 4.98 Å². The molecule has 106 valence electrons. The second-order valence-corrected chi connectivity index (χ2v) is 5.53. The minimum atomic E-state index is -0.144. The molecule has 0 radical (unpaired) electrons. The van der Waals surface area contributed by atoms with E-state index in [4.69, 9.17) is 4.74 Å². The Bertz CT molecular complexity index is 424. The maximum absolute atomic E-state index is 11.6. The molecule has 0 spiro atoms. The summed E-state index contributed by atoms with van der Waals surface area (Å²) in [6, 6.07) is -0.144. The highest BCUT2D eigenvalue weighted by molar-refractivity contribution is 7.15. The lowest BCUT2D eigenvalue weighted by Gasteiger charge is -2.32. The molecular weight excluding hydrogens is 264 g/mol. The van der Waals surface area contributed by atoms with Gasteiger partial charge in [0.25, 0.3) is 0 Å². The summed E-state index contributed by atoms with van der Waals surface area (Å²) < 4.78 is 4.98. The van der Waals surface area contributed by atoms with Crippen LogP contribution in [-0.4, -0.2) is 50.3 Å². The van der Waals surface area contributed by atoms with Crippen molar-refractivity contribution in [1.82, 2.24) is 15.6 Å². The molecule has 2 rings (SSSR count). The molecule has 1 fully saturated rings. The second-order valence-electron chi connectivity index (χ2n) is 4.44. The molecule has 1 aromatic rings. The standard InChI is InChI=1S/C12H20N4O2S/c1-9-11(17)14-3-5-16(9)12-15-8-10(19-12)7-13-4-6-18-2/h8-9,13H,3-7H2,1-2H3,(H,14,17). The molecule has 19 heavy (non-hydrogen) atoms. The number of thiazole rings is 1. The average Bonchev–Trinajstić information content (AvgIpc) is 2.87. The van der Waals surface area contributed by atoms with Crippen molar-refractivity contribution in [2.75, 3.05) is 38.3 Å². The number of aromatic nitrogens is 1. The molecule has 1 unspecified atom stereocenters. The van der Waals surface area contributed by atoms with Crippen LogP contribution in [-0.2, 0) is 16.1 Å². The molecule has 2 N–H and O–H groups in total. The van der Waals surface area contributed by atoms with Crippen molar-refractivity contribution in [2.24, 2.45) is 0 Å². The predicted octanol–water partition coefficient (Wildman–Crippen LogP) is 0.204. The summed E-state index contributed by atoms with van der Waals surface area (Å²) >= 11 is 1.63. The van der Waals surface area contributed by atoms with Gasteiger partial charge in [-0.3, -0.25) is 4.79 Å². The first kappa shape index (κ1) is 14.2. The lowest BCUT2D eigenvalue weighted by atomic mass is 10.2. The summed E-state index contributed by atoms with van der Waals surface area (Å²) in [7, 11) is 1.69. The van der Waals surface area contributed by atoms with E-state index in [2.05, 4.69) is 20.5 Å². The van der Waals surface area contributed by atoms with E-state index < -0.39 is 0 Å². The smallest absolute Gasteiger partial charge is 0.242 e. The molecule has 0 bridgehead atoms. The van der Waals surface area contributed by atoms with Crippen LogP contribution in [0.2, 0.25) is 0 Å². The van der Waals surface area contributed by atoms with Crippen molar-refractivity contribution >= 4 is 22.4 Å². The Labute approximate surface area is 117 Å². The fourth-order valence-electron chi connectivity index (χ4n) is 1.94. The number of hydrogen-bond donors (Lipinski definition) is 2. The Hall–Kier alpha value is -1.18. The molecule has 1 aliphatic rings. The van der Waals surface area contributed by atoms with Gasteiger partial charge in [-0.2, -0.15) is 0 Å². The Morgan fingerprint density at radius 1 is 1.68 bits per heavy atom. The summed E-state index contributed by atoms with van der Waals surface area (Å²) in [6.45, 7) is 5.73. The van der Waals surface area contributed by atoms with E-state index in [0.29, 0.717) is 13.2 Å². The molecule has 7 heteroatoms. The van der Waals surface area contributed by atoms with Crippen LogP contribution in [0.3, 0.4) is 0 Å². The molecule has 1 amide bonds. The van der Waals surface area contributed by atoms with Gasteiger partial charge in [-0.15, -0.1) is 11.3 Å². The number of nitrogens with one attached hydrogen (secondary N) is 2. The van der Waals surface area contributed by atoms with Crippen LogP contribution in [0.4, 0.5) is 5.13 Å². The molecule has 1 saturated heterocycles. The van der Waals surface area contributed by atoms with E-state index in [1.54, 1.807) is 18.4 Å². The fourth-order valence-corrected chi connectivity index (χ4v) is 2.93. The molecular formula is C12H20N4O2S. The number of hydrogen-bond acceptors (Lipinski definition) is 6. The number of amides is 1. The van der Waals surface area contributed by atoms with Crippen molar-refractivity contribution in [3.63, 3.8) is 0 Å². The number of ether oxygens (including phenoxy) is 1. The van der Waals surface area contributed by atoms with E-state index in [0.717, 1.165) is 24.8 Å². The number of rotatable bonds is 6. The van der Waals surface area contributed by atoms with Gasteiger partial charge in [0.15, 0.2) is 5.13 Å². The van der Waals surface area contributed by atoms with Gasteiger partial charge in [0.1, 0.15) is 6.04 Å². The van der Waals surface area contributed by atoms with E-state index in [1.807, 2.05) is 13.1 Å². The quantitative estimate of drug-likeness (QED) is 0.731. The Morgan fingerprint density at radius 2 is 2.53 bits per heavy atom. The topological polar surface area (TPSA) is 66.5 Å². The normalized spacial score (nSPS) is 19.6. The number of methoxy groups -OCH3 is 1.